The van der Waals surface area contributed by atoms with Crippen LogP contribution in [0.1, 0.15) is 88.2 Å². The minimum Gasteiger partial charge on any atom is -0.495 e. The lowest BCUT2D eigenvalue weighted by Crippen LogP contribution is -2.52. The Hall–Kier alpha value is -3.99. The molecular formula is C36H49N5O7S. The van der Waals surface area contributed by atoms with Crippen LogP contribution in [0.5, 0.6) is 5.75 Å². The molecule has 0 unspecified atom stereocenters. The van der Waals surface area contributed by atoms with Crippen LogP contribution in [0.2, 0.25) is 0 Å². The van der Waals surface area contributed by atoms with Crippen LogP contribution in [-0.2, 0) is 36.6 Å². The molecule has 49 heavy (non-hydrogen) atoms. The van der Waals surface area contributed by atoms with Gasteiger partial charge in [-0.1, -0.05) is 58.9 Å². The average molecular weight is 696 g/mol. The molecule has 2 aromatic rings. The van der Waals surface area contributed by atoms with E-state index in [0.29, 0.717) is 50.5 Å². The van der Waals surface area contributed by atoms with E-state index >= 15 is 0 Å². The Morgan fingerprint density at radius 3 is 2.31 bits per heavy atom. The second kappa shape index (κ2) is 15.3. The van der Waals surface area contributed by atoms with E-state index in [1.807, 2.05) is 24.3 Å². The standard InChI is InChI=1S/C36H49N5O7S/c1-8-9-18-35(40-41-35)19-17-31(42)37-20-10-21-49(44,45)39-32(43)27-13-16-29(30(22-27)46-7)38-23-26-11-14-28(15-12-26)36(33(2,3)4)47-24-34(5,6)25-48-36/h1,11-16,22,38H,9-10,17-21,23-25H2,2-7H3,(H,37,42)(H,39,43). The highest BCUT2D eigenvalue weighted by Crippen LogP contribution is 2.48. The monoisotopic (exact) mass is 695 g/mol. The summed E-state index contributed by atoms with van der Waals surface area (Å²) >= 11 is 0. The number of carbonyl (C=O) groups excluding carboxylic acids is 2. The number of sulfonamides is 1. The van der Waals surface area contributed by atoms with E-state index in [-0.39, 0.29) is 47.4 Å². The molecule has 2 heterocycles. The molecule has 1 fully saturated rings. The normalized spacial score (nSPS) is 17.4. The van der Waals surface area contributed by atoms with Gasteiger partial charge in [-0.3, -0.25) is 9.59 Å². The molecule has 2 amide bonds. The SMILES string of the molecule is C#CCCC1(CCC(=O)NCCCS(=O)(=O)NC(=O)c2ccc(NCc3ccc(C4(C(C)(C)C)OCC(C)(C)CO4)cc3)c(OC)c2)N=N1. The van der Waals surface area contributed by atoms with Crippen LogP contribution in [0.25, 0.3) is 0 Å². The first-order valence-electron chi connectivity index (χ1n) is 16.5. The first-order valence-corrected chi connectivity index (χ1v) is 18.2. The predicted molar refractivity (Wildman–Crippen MR) is 187 cm³/mol. The molecule has 266 valence electrons. The number of benzene rings is 2. The molecule has 0 radical (unpaired) electrons. The number of ether oxygens (including phenoxy) is 3. The van der Waals surface area contributed by atoms with Crippen molar-refractivity contribution in [1.29, 1.82) is 0 Å². The van der Waals surface area contributed by atoms with Gasteiger partial charge in [-0.05, 0) is 30.2 Å². The lowest BCUT2D eigenvalue weighted by molar-refractivity contribution is -0.350. The van der Waals surface area contributed by atoms with Crippen LogP contribution in [0.4, 0.5) is 5.69 Å². The number of hydrogen-bond donors (Lipinski definition) is 3. The fourth-order valence-electron chi connectivity index (χ4n) is 5.54. The number of amides is 2. The third kappa shape index (κ3) is 10.0. The number of terminal acetylenes is 1. The zero-order chi connectivity index (χ0) is 35.9. The number of anilines is 1. The topological polar surface area (TPSA) is 157 Å². The van der Waals surface area contributed by atoms with Crippen molar-refractivity contribution in [2.75, 3.05) is 37.9 Å². The van der Waals surface area contributed by atoms with E-state index in [2.05, 4.69) is 66.1 Å². The Balaban J connectivity index is 1.26. The molecule has 0 spiro atoms. The average Bonchev–Trinajstić information content (AvgIpc) is 3.83. The predicted octanol–water partition coefficient (Wildman–Crippen LogP) is 5.50. The molecule has 1 saturated heterocycles. The van der Waals surface area contributed by atoms with Crippen molar-refractivity contribution in [3.63, 3.8) is 0 Å². The highest BCUT2D eigenvalue weighted by atomic mass is 32.2. The molecule has 4 rings (SSSR count). The summed E-state index contributed by atoms with van der Waals surface area (Å²) in [6.07, 6.45) is 7.23. The molecule has 12 nitrogen and oxygen atoms in total. The van der Waals surface area contributed by atoms with E-state index < -0.39 is 27.4 Å². The molecule has 0 bridgehead atoms. The van der Waals surface area contributed by atoms with Gasteiger partial charge in [0, 0.05) is 60.7 Å². The number of carbonyl (C=O) groups is 2. The molecule has 0 atom stereocenters. The summed E-state index contributed by atoms with van der Waals surface area (Å²) in [4.78, 5) is 25.0. The number of nitrogens with zero attached hydrogens (tertiary/aromatic N) is 2. The summed E-state index contributed by atoms with van der Waals surface area (Å²) in [6.45, 7) is 12.4. The second-order valence-electron chi connectivity index (χ2n) is 14.4. The summed E-state index contributed by atoms with van der Waals surface area (Å²) in [7, 11) is -2.47. The molecular weight excluding hydrogens is 646 g/mol. The van der Waals surface area contributed by atoms with Gasteiger partial charge in [-0.25, -0.2) is 13.1 Å². The van der Waals surface area contributed by atoms with Crippen molar-refractivity contribution < 1.29 is 32.2 Å². The maximum absolute atomic E-state index is 12.8. The highest BCUT2D eigenvalue weighted by molar-refractivity contribution is 7.90. The van der Waals surface area contributed by atoms with Gasteiger partial charge >= 0.3 is 0 Å². The van der Waals surface area contributed by atoms with Gasteiger partial charge in [0.1, 0.15) is 5.75 Å². The number of hydrogen-bond acceptors (Lipinski definition) is 10. The smallest absolute Gasteiger partial charge is 0.264 e. The number of nitrogens with one attached hydrogen (secondary N) is 3. The number of rotatable bonds is 16. The van der Waals surface area contributed by atoms with Gasteiger partial charge < -0.3 is 24.8 Å². The largest absolute Gasteiger partial charge is 0.495 e. The summed E-state index contributed by atoms with van der Waals surface area (Å²) in [5.41, 5.74) is 1.83. The van der Waals surface area contributed by atoms with Crippen molar-refractivity contribution in [2.24, 2.45) is 21.1 Å². The molecule has 0 saturated carbocycles. The second-order valence-corrected chi connectivity index (χ2v) is 16.3. The Labute approximate surface area is 290 Å². The molecule has 0 aromatic heterocycles. The lowest BCUT2D eigenvalue weighted by Gasteiger charge is -2.50. The first kappa shape index (κ1) is 37.8. The Morgan fingerprint density at radius 2 is 1.71 bits per heavy atom. The molecule has 0 aliphatic carbocycles. The van der Waals surface area contributed by atoms with E-state index in [1.165, 1.54) is 19.2 Å². The van der Waals surface area contributed by atoms with E-state index in [1.54, 1.807) is 6.07 Å². The fraction of sp³-hybridized carbons (Fsp3) is 0.556. The molecule has 3 N–H and O–H groups in total. The first-order chi connectivity index (χ1) is 23.0. The van der Waals surface area contributed by atoms with Crippen LogP contribution in [-0.4, -0.2) is 58.5 Å². The maximum Gasteiger partial charge on any atom is 0.264 e. The van der Waals surface area contributed by atoms with Gasteiger partial charge in [0.15, 0.2) is 11.4 Å². The number of methoxy groups -OCH3 is 1. The van der Waals surface area contributed by atoms with E-state index in [4.69, 9.17) is 20.6 Å². The zero-order valence-corrected chi connectivity index (χ0v) is 30.2. The Morgan fingerprint density at radius 1 is 1.04 bits per heavy atom. The lowest BCUT2D eigenvalue weighted by atomic mass is 9.79. The van der Waals surface area contributed by atoms with Crippen LogP contribution >= 0.6 is 0 Å². The fourth-order valence-corrected chi connectivity index (χ4v) is 6.57. The van der Waals surface area contributed by atoms with Crippen molar-refractivity contribution in [3.8, 4) is 18.1 Å². The van der Waals surface area contributed by atoms with Crippen molar-refractivity contribution in [1.82, 2.24) is 10.0 Å². The Bertz CT molecular complexity index is 1660. The molecule has 2 aromatic carbocycles. The molecule has 13 heteroatoms. The van der Waals surface area contributed by atoms with Crippen molar-refractivity contribution in [2.45, 2.75) is 84.7 Å². The van der Waals surface area contributed by atoms with Crippen LogP contribution in [0.15, 0.2) is 52.7 Å². The third-order valence-electron chi connectivity index (χ3n) is 8.57. The van der Waals surface area contributed by atoms with Crippen molar-refractivity contribution >= 4 is 27.5 Å². The van der Waals surface area contributed by atoms with Gasteiger partial charge in [0.05, 0.1) is 31.8 Å². The minimum atomic E-state index is -3.94. The Kier molecular flexibility index (Phi) is 11.8. The van der Waals surface area contributed by atoms with Crippen LogP contribution in [0.3, 0.4) is 0 Å². The summed E-state index contributed by atoms with van der Waals surface area (Å²) < 4.78 is 45.6. The summed E-state index contributed by atoms with van der Waals surface area (Å²) in [6, 6.07) is 12.8. The summed E-state index contributed by atoms with van der Waals surface area (Å²) in [5.74, 6) is 0.740. The van der Waals surface area contributed by atoms with E-state index in [0.717, 1.165) is 11.1 Å². The molecule has 2 aliphatic rings. The van der Waals surface area contributed by atoms with Gasteiger partial charge in [0.2, 0.25) is 15.9 Å². The zero-order valence-electron chi connectivity index (χ0n) is 29.4. The van der Waals surface area contributed by atoms with Gasteiger partial charge in [-0.15, -0.1) is 12.3 Å². The summed E-state index contributed by atoms with van der Waals surface area (Å²) in [5, 5.41) is 14.0. The molecule has 2 aliphatic heterocycles. The van der Waals surface area contributed by atoms with Crippen LogP contribution in [0, 0.1) is 23.2 Å². The van der Waals surface area contributed by atoms with E-state index in [9.17, 15) is 18.0 Å². The van der Waals surface area contributed by atoms with Crippen LogP contribution < -0.4 is 20.1 Å². The van der Waals surface area contributed by atoms with Crippen molar-refractivity contribution in [3.05, 3.63) is 59.2 Å². The van der Waals surface area contributed by atoms with Gasteiger partial charge in [0.25, 0.3) is 5.91 Å². The van der Waals surface area contributed by atoms with Gasteiger partial charge in [-0.2, -0.15) is 10.2 Å². The maximum atomic E-state index is 12.8. The highest BCUT2D eigenvalue weighted by Gasteiger charge is 2.50. The minimum absolute atomic E-state index is 0.0551. The quantitative estimate of drug-likeness (QED) is 0.154. The third-order valence-corrected chi connectivity index (χ3v) is 9.89.